The van der Waals surface area contributed by atoms with Crippen LogP contribution in [0.3, 0.4) is 0 Å². The summed E-state index contributed by atoms with van der Waals surface area (Å²) in [7, 11) is -1.04. The van der Waals surface area contributed by atoms with Crippen LogP contribution >= 0.6 is 11.3 Å². The highest BCUT2D eigenvalue weighted by Gasteiger charge is 2.12. The maximum Gasteiger partial charge on any atom is 0.139 e. The van der Waals surface area contributed by atoms with Crippen LogP contribution in [-0.4, -0.2) is 24.5 Å². The van der Waals surface area contributed by atoms with Gasteiger partial charge in [-0.05, 0) is 17.7 Å². The number of thiophene rings is 1. The van der Waals surface area contributed by atoms with Gasteiger partial charge in [-0.2, -0.15) is 5.10 Å². The number of hydrogen-bond donors (Lipinski definition) is 0. The monoisotopic (exact) mass is 382 g/mol. The first-order chi connectivity index (χ1) is 12.5. The van der Waals surface area contributed by atoms with Crippen LogP contribution in [0.5, 0.6) is 0 Å². The Hall–Kier alpha value is -1.95. The second kappa shape index (κ2) is 8.62. The molecular formula is C21H26N2OSSi. The van der Waals surface area contributed by atoms with E-state index in [1.807, 2.05) is 35.0 Å². The lowest BCUT2D eigenvalue weighted by Crippen LogP contribution is -2.22. The van der Waals surface area contributed by atoms with Crippen molar-refractivity contribution < 1.29 is 4.74 Å². The first-order valence-electron chi connectivity index (χ1n) is 8.95. The summed E-state index contributed by atoms with van der Waals surface area (Å²) in [6.45, 7) is 8.45. The summed E-state index contributed by atoms with van der Waals surface area (Å²) in [5.41, 5.74) is 2.23. The predicted molar refractivity (Wildman–Crippen MR) is 115 cm³/mol. The fourth-order valence-corrected chi connectivity index (χ4v) is 4.27. The van der Waals surface area contributed by atoms with Gasteiger partial charge in [-0.1, -0.05) is 74.2 Å². The van der Waals surface area contributed by atoms with E-state index in [-0.39, 0.29) is 0 Å². The van der Waals surface area contributed by atoms with Crippen molar-refractivity contribution in [2.75, 3.05) is 6.61 Å². The molecule has 0 unspecified atom stereocenters. The predicted octanol–water partition coefficient (Wildman–Crippen LogP) is 6.20. The van der Waals surface area contributed by atoms with E-state index in [4.69, 9.17) is 4.74 Å². The minimum absolute atomic E-state index is 0.531. The van der Waals surface area contributed by atoms with Crippen molar-refractivity contribution >= 4 is 29.6 Å². The molecule has 3 aromatic rings. The quantitative estimate of drug-likeness (QED) is 0.375. The van der Waals surface area contributed by atoms with Crippen LogP contribution in [0.25, 0.3) is 20.7 Å². The summed E-state index contributed by atoms with van der Waals surface area (Å²) in [6.07, 6.45) is 2.08. The van der Waals surface area contributed by atoms with Gasteiger partial charge >= 0.3 is 0 Å². The smallest absolute Gasteiger partial charge is 0.139 e. The van der Waals surface area contributed by atoms with Crippen molar-refractivity contribution in [2.24, 2.45) is 0 Å². The Morgan fingerprint density at radius 2 is 1.65 bits per heavy atom. The summed E-state index contributed by atoms with van der Waals surface area (Å²) in [4.78, 5) is 1.23. The molecule has 2 aromatic heterocycles. The molecule has 0 N–H and O–H groups in total. The molecule has 0 amide bonds. The van der Waals surface area contributed by atoms with E-state index in [0.717, 1.165) is 12.1 Å². The van der Waals surface area contributed by atoms with Crippen molar-refractivity contribution in [2.45, 2.75) is 32.4 Å². The zero-order valence-electron chi connectivity index (χ0n) is 15.7. The standard InChI is InChI=1S/C21H26N2OSSi/c1-26(2,3)14-13-24-17-23-16-21-19(22-23)15-20(25-21)18-11-9-7-5-4-6-8-10-12-18/h4-12,15-16H,13-14,17H2,1-3H3. The van der Waals surface area contributed by atoms with E-state index in [9.17, 15) is 0 Å². The van der Waals surface area contributed by atoms with Gasteiger partial charge in [0.25, 0.3) is 0 Å². The fourth-order valence-electron chi connectivity index (χ4n) is 2.47. The van der Waals surface area contributed by atoms with Crippen LogP contribution in [0.4, 0.5) is 0 Å². The molecule has 5 heteroatoms. The molecule has 3 nitrogen and oxygen atoms in total. The number of ether oxygens (including phenoxy) is 1. The van der Waals surface area contributed by atoms with Crippen LogP contribution < -0.4 is 0 Å². The van der Waals surface area contributed by atoms with E-state index in [1.165, 1.54) is 21.2 Å². The third kappa shape index (κ3) is 5.52. The van der Waals surface area contributed by atoms with Gasteiger partial charge in [0.2, 0.25) is 0 Å². The Balaban J connectivity index is 1.72. The molecule has 0 radical (unpaired) electrons. The lowest BCUT2D eigenvalue weighted by Gasteiger charge is -2.15. The molecule has 0 bridgehead atoms. The van der Waals surface area contributed by atoms with Gasteiger partial charge in [-0.3, -0.25) is 0 Å². The molecular weight excluding hydrogens is 356 g/mol. The van der Waals surface area contributed by atoms with Crippen molar-refractivity contribution in [1.29, 1.82) is 0 Å². The van der Waals surface area contributed by atoms with E-state index < -0.39 is 8.07 Å². The minimum Gasteiger partial charge on any atom is -0.360 e. The summed E-state index contributed by atoms with van der Waals surface area (Å²) >= 11 is 1.77. The Morgan fingerprint density at radius 3 is 2.27 bits per heavy atom. The van der Waals surface area contributed by atoms with Gasteiger partial charge in [0, 0.05) is 25.8 Å². The summed E-state index contributed by atoms with van der Waals surface area (Å²) in [5, 5.41) is 4.66. The van der Waals surface area contributed by atoms with Gasteiger partial charge in [0.15, 0.2) is 0 Å². The average Bonchev–Trinajstić information content (AvgIpc) is 3.14. The van der Waals surface area contributed by atoms with Gasteiger partial charge in [0.05, 0.1) is 4.70 Å². The van der Waals surface area contributed by atoms with Gasteiger partial charge < -0.3 is 4.74 Å². The zero-order valence-corrected chi connectivity index (χ0v) is 17.5. The molecule has 0 aliphatic rings. The minimum atomic E-state index is -1.04. The van der Waals surface area contributed by atoms with E-state index in [1.54, 1.807) is 11.3 Å². The van der Waals surface area contributed by atoms with Crippen LogP contribution in [0.1, 0.15) is 0 Å². The van der Waals surface area contributed by atoms with E-state index >= 15 is 0 Å². The molecule has 0 spiro atoms. The first kappa shape index (κ1) is 18.8. The van der Waals surface area contributed by atoms with E-state index in [2.05, 4.69) is 61.3 Å². The molecule has 0 aliphatic carbocycles. The maximum atomic E-state index is 5.79. The second-order valence-electron chi connectivity index (χ2n) is 7.51. The van der Waals surface area contributed by atoms with Gasteiger partial charge in [0.1, 0.15) is 12.2 Å². The fraction of sp³-hybridized carbons (Fsp3) is 0.286. The molecule has 0 saturated heterocycles. The highest BCUT2D eigenvalue weighted by atomic mass is 32.1. The molecule has 0 fully saturated rings. The second-order valence-corrected chi connectivity index (χ2v) is 14.2. The molecule has 2 heterocycles. The molecule has 1 aromatic carbocycles. The van der Waals surface area contributed by atoms with Crippen molar-refractivity contribution in [3.63, 3.8) is 0 Å². The van der Waals surface area contributed by atoms with Crippen molar-refractivity contribution in [3.05, 3.63) is 66.9 Å². The Bertz CT molecular complexity index is 853. The number of nitrogens with zero attached hydrogens (tertiary/aromatic N) is 2. The molecule has 136 valence electrons. The third-order valence-corrected chi connectivity index (χ3v) is 6.78. The van der Waals surface area contributed by atoms with Crippen LogP contribution in [0.2, 0.25) is 25.7 Å². The summed E-state index contributed by atoms with van der Waals surface area (Å²) in [6, 6.07) is 21.9. The number of rotatable bonds is 6. The Morgan fingerprint density at radius 1 is 1.00 bits per heavy atom. The van der Waals surface area contributed by atoms with Crippen LogP contribution in [0, 0.1) is 0 Å². The first-order valence-corrected chi connectivity index (χ1v) is 13.5. The maximum absolute atomic E-state index is 5.79. The van der Waals surface area contributed by atoms with Crippen molar-refractivity contribution in [1.82, 2.24) is 9.78 Å². The van der Waals surface area contributed by atoms with Crippen LogP contribution in [0.15, 0.2) is 66.9 Å². The van der Waals surface area contributed by atoms with Crippen LogP contribution in [-0.2, 0) is 11.5 Å². The normalized spacial score (nSPS) is 11.5. The summed E-state index contributed by atoms with van der Waals surface area (Å²) in [5.74, 6) is 0. The molecule has 26 heavy (non-hydrogen) atoms. The topological polar surface area (TPSA) is 27.1 Å². The number of hydrogen-bond acceptors (Lipinski definition) is 3. The summed E-state index contributed by atoms with van der Waals surface area (Å²) < 4.78 is 8.89. The zero-order chi connectivity index (χ0) is 18.4. The molecule has 0 saturated carbocycles. The van der Waals surface area contributed by atoms with Crippen molar-refractivity contribution in [3.8, 4) is 10.4 Å². The highest BCUT2D eigenvalue weighted by Crippen LogP contribution is 2.32. The molecule has 0 aliphatic heterocycles. The lowest BCUT2D eigenvalue weighted by molar-refractivity contribution is 0.0791. The third-order valence-electron chi connectivity index (χ3n) is 3.97. The lowest BCUT2D eigenvalue weighted by atomic mass is 10.2. The Kier molecular flexibility index (Phi) is 6.24. The number of fused-ring (bicyclic) bond motifs is 1. The number of aromatic nitrogens is 2. The molecule has 0 atom stereocenters. The molecule has 3 rings (SSSR count). The highest BCUT2D eigenvalue weighted by molar-refractivity contribution is 7.22. The SMILES string of the molecule is C[Si](C)(C)CCOCn1cc2sc(-c3ccccccccc3)cc2n1. The Labute approximate surface area is 160 Å². The van der Waals surface area contributed by atoms with Gasteiger partial charge in [-0.15, -0.1) is 11.3 Å². The van der Waals surface area contributed by atoms with Gasteiger partial charge in [-0.25, -0.2) is 4.68 Å². The average molecular weight is 383 g/mol. The largest absolute Gasteiger partial charge is 0.360 e. The van der Waals surface area contributed by atoms with E-state index in [0.29, 0.717) is 6.73 Å².